The molecule has 11 heteroatoms. The van der Waals surface area contributed by atoms with E-state index in [1.165, 1.54) is 19.1 Å². The van der Waals surface area contributed by atoms with Gasteiger partial charge in [0.15, 0.2) is 0 Å². The van der Waals surface area contributed by atoms with Crippen LogP contribution in [0.4, 0.5) is 23.5 Å². The quantitative estimate of drug-likeness (QED) is 0.616. The molecule has 168 valence electrons. The number of rotatable bonds is 4. The summed E-state index contributed by atoms with van der Waals surface area (Å²) < 4.78 is 57.1. The molecule has 32 heavy (non-hydrogen) atoms. The van der Waals surface area contributed by atoms with E-state index < -0.39 is 23.7 Å². The standard InChI is InChI=1S/C21H18F4N4O3/c1-12-26-19(27-20(31)29(12)10-15-6-7-18(32-15)21(23,24)25)28-9-8-16(17(30)11-28)13-2-4-14(22)5-3-13/h2-8,17,30H,9-11H2,1H3/t17-/m0/s1. The number of nitrogens with zero attached hydrogens (tertiary/aromatic N) is 4. The van der Waals surface area contributed by atoms with Crippen LogP contribution in [0.5, 0.6) is 0 Å². The average Bonchev–Trinajstić information content (AvgIpc) is 3.21. The molecule has 0 bridgehead atoms. The lowest BCUT2D eigenvalue weighted by atomic mass is 9.97. The van der Waals surface area contributed by atoms with Crippen molar-refractivity contribution in [3.05, 3.63) is 81.7 Å². The molecule has 2 aromatic heterocycles. The van der Waals surface area contributed by atoms with Gasteiger partial charge in [0.05, 0.1) is 19.2 Å². The number of aromatic nitrogens is 3. The van der Waals surface area contributed by atoms with Crippen molar-refractivity contribution in [3.8, 4) is 0 Å². The minimum absolute atomic E-state index is 0.0563. The summed E-state index contributed by atoms with van der Waals surface area (Å²) in [6, 6.07) is 7.69. The minimum atomic E-state index is -4.62. The first-order valence-corrected chi connectivity index (χ1v) is 9.62. The molecule has 0 saturated carbocycles. The van der Waals surface area contributed by atoms with Gasteiger partial charge in [-0.15, -0.1) is 0 Å². The van der Waals surface area contributed by atoms with E-state index in [4.69, 9.17) is 4.42 Å². The first-order valence-electron chi connectivity index (χ1n) is 9.62. The Morgan fingerprint density at radius 1 is 1.16 bits per heavy atom. The predicted octanol–water partition coefficient (Wildman–Crippen LogP) is 3.01. The zero-order chi connectivity index (χ0) is 23.0. The van der Waals surface area contributed by atoms with E-state index in [0.717, 1.165) is 16.7 Å². The fraction of sp³-hybridized carbons (Fsp3) is 0.286. The third kappa shape index (κ3) is 4.42. The van der Waals surface area contributed by atoms with E-state index in [9.17, 15) is 27.5 Å². The van der Waals surface area contributed by atoms with Gasteiger partial charge >= 0.3 is 11.9 Å². The molecule has 3 heterocycles. The maximum Gasteiger partial charge on any atom is 0.449 e. The van der Waals surface area contributed by atoms with Crippen LogP contribution in [0.15, 0.2) is 51.7 Å². The Kier molecular flexibility index (Phi) is 5.59. The van der Waals surface area contributed by atoms with E-state index in [1.807, 2.05) is 0 Å². The molecule has 1 N–H and O–H groups in total. The Labute approximate surface area is 179 Å². The third-order valence-corrected chi connectivity index (χ3v) is 5.08. The molecular formula is C21H18F4N4O3. The molecule has 0 aliphatic carbocycles. The molecule has 1 aliphatic heterocycles. The van der Waals surface area contributed by atoms with Crippen molar-refractivity contribution in [1.29, 1.82) is 0 Å². The summed E-state index contributed by atoms with van der Waals surface area (Å²) in [4.78, 5) is 22.3. The third-order valence-electron chi connectivity index (χ3n) is 5.08. The summed E-state index contributed by atoms with van der Waals surface area (Å²) in [5.41, 5.74) is 0.604. The van der Waals surface area contributed by atoms with Gasteiger partial charge in [-0.2, -0.15) is 23.1 Å². The highest BCUT2D eigenvalue weighted by Gasteiger charge is 2.34. The first-order chi connectivity index (χ1) is 15.1. The molecule has 0 saturated heterocycles. The van der Waals surface area contributed by atoms with Gasteiger partial charge in [-0.25, -0.2) is 9.18 Å². The van der Waals surface area contributed by atoms with Crippen molar-refractivity contribution in [2.45, 2.75) is 25.7 Å². The number of furan rings is 1. The lowest BCUT2D eigenvalue weighted by Gasteiger charge is -2.30. The Morgan fingerprint density at radius 3 is 2.47 bits per heavy atom. The van der Waals surface area contributed by atoms with Crippen LogP contribution in [0.1, 0.15) is 22.9 Å². The zero-order valence-corrected chi connectivity index (χ0v) is 16.8. The van der Waals surface area contributed by atoms with Crippen LogP contribution in [-0.4, -0.2) is 38.8 Å². The molecule has 0 fully saturated rings. The van der Waals surface area contributed by atoms with Crippen LogP contribution in [0.2, 0.25) is 0 Å². The number of alkyl halides is 3. The fourth-order valence-corrected chi connectivity index (χ4v) is 3.45. The van der Waals surface area contributed by atoms with Gasteiger partial charge < -0.3 is 14.4 Å². The maximum absolute atomic E-state index is 13.1. The summed E-state index contributed by atoms with van der Waals surface area (Å²) in [7, 11) is 0. The Bertz CT molecular complexity index is 1220. The smallest absolute Gasteiger partial charge is 0.449 e. The van der Waals surface area contributed by atoms with Gasteiger partial charge in [-0.05, 0) is 42.3 Å². The van der Waals surface area contributed by atoms with Gasteiger partial charge in [-0.3, -0.25) is 4.57 Å². The second-order valence-electron chi connectivity index (χ2n) is 7.29. The normalized spacial score (nSPS) is 16.9. The predicted molar refractivity (Wildman–Crippen MR) is 106 cm³/mol. The van der Waals surface area contributed by atoms with Crippen LogP contribution in [0, 0.1) is 12.7 Å². The van der Waals surface area contributed by atoms with Crippen LogP contribution in [-0.2, 0) is 12.7 Å². The molecule has 0 radical (unpaired) electrons. The average molecular weight is 450 g/mol. The van der Waals surface area contributed by atoms with Gasteiger partial charge in [0, 0.05) is 6.54 Å². The SMILES string of the molecule is Cc1nc(N2CC=C(c3ccc(F)cc3)[C@@H](O)C2)nc(=O)n1Cc1ccc(C(F)(F)F)o1. The van der Waals surface area contributed by atoms with Crippen LogP contribution < -0.4 is 10.6 Å². The minimum Gasteiger partial charge on any atom is -0.455 e. The lowest BCUT2D eigenvalue weighted by molar-refractivity contribution is -0.153. The summed E-state index contributed by atoms with van der Waals surface area (Å²) in [6.45, 7) is 1.69. The number of hydrogen-bond acceptors (Lipinski definition) is 6. The van der Waals surface area contributed by atoms with Crippen molar-refractivity contribution < 1.29 is 27.1 Å². The van der Waals surface area contributed by atoms with Crippen molar-refractivity contribution in [1.82, 2.24) is 14.5 Å². The van der Waals surface area contributed by atoms with Crippen LogP contribution >= 0.6 is 0 Å². The van der Waals surface area contributed by atoms with E-state index in [2.05, 4.69) is 9.97 Å². The number of hydrogen-bond donors (Lipinski definition) is 1. The molecular weight excluding hydrogens is 432 g/mol. The molecule has 0 spiro atoms. The number of anilines is 1. The monoisotopic (exact) mass is 450 g/mol. The second-order valence-corrected chi connectivity index (χ2v) is 7.29. The number of aliphatic hydroxyl groups is 1. The molecule has 1 aliphatic rings. The zero-order valence-electron chi connectivity index (χ0n) is 16.8. The van der Waals surface area contributed by atoms with Gasteiger partial charge in [0.2, 0.25) is 11.7 Å². The molecule has 0 amide bonds. The molecule has 1 aromatic carbocycles. The van der Waals surface area contributed by atoms with Gasteiger partial charge in [0.1, 0.15) is 17.4 Å². The van der Waals surface area contributed by atoms with Crippen LogP contribution in [0.3, 0.4) is 0 Å². The van der Waals surface area contributed by atoms with E-state index in [0.29, 0.717) is 17.7 Å². The summed E-state index contributed by atoms with van der Waals surface area (Å²) >= 11 is 0. The number of aliphatic hydroxyl groups excluding tert-OH is 1. The van der Waals surface area contributed by atoms with Crippen molar-refractivity contribution >= 4 is 11.5 Å². The highest BCUT2D eigenvalue weighted by Crippen LogP contribution is 2.31. The summed E-state index contributed by atoms with van der Waals surface area (Å²) in [5.74, 6) is -1.27. The molecule has 7 nitrogen and oxygen atoms in total. The highest BCUT2D eigenvalue weighted by molar-refractivity contribution is 5.71. The van der Waals surface area contributed by atoms with Crippen molar-refractivity contribution in [2.75, 3.05) is 18.0 Å². The van der Waals surface area contributed by atoms with Gasteiger partial charge in [-0.1, -0.05) is 18.2 Å². The molecule has 4 rings (SSSR count). The number of β-amino-alcohol motifs (C(OH)–C–C–N with tert-alkyl or cyclic N) is 1. The number of aryl methyl sites for hydroxylation is 1. The first kappa shape index (κ1) is 21.8. The molecule has 3 aromatic rings. The Morgan fingerprint density at radius 2 is 1.88 bits per heavy atom. The maximum atomic E-state index is 13.1. The topological polar surface area (TPSA) is 84.4 Å². The largest absolute Gasteiger partial charge is 0.455 e. The Hall–Kier alpha value is -3.47. The summed E-state index contributed by atoms with van der Waals surface area (Å²) in [6.07, 6.45) is -3.79. The Balaban J connectivity index is 1.54. The molecule has 1 atom stereocenters. The van der Waals surface area contributed by atoms with Crippen molar-refractivity contribution in [2.24, 2.45) is 0 Å². The molecule has 0 unspecified atom stereocenters. The van der Waals surface area contributed by atoms with Gasteiger partial charge in [0.25, 0.3) is 0 Å². The highest BCUT2D eigenvalue weighted by atomic mass is 19.4. The fourth-order valence-electron chi connectivity index (χ4n) is 3.45. The van der Waals surface area contributed by atoms with E-state index in [-0.39, 0.29) is 36.4 Å². The van der Waals surface area contributed by atoms with Crippen LogP contribution in [0.25, 0.3) is 5.57 Å². The van der Waals surface area contributed by atoms with E-state index >= 15 is 0 Å². The number of benzene rings is 1. The van der Waals surface area contributed by atoms with E-state index in [1.54, 1.807) is 23.1 Å². The summed E-state index contributed by atoms with van der Waals surface area (Å²) in [5, 5.41) is 10.5. The lowest BCUT2D eigenvalue weighted by Crippen LogP contribution is -2.40. The number of halogens is 4. The second kappa shape index (κ2) is 8.23. The van der Waals surface area contributed by atoms with Crippen molar-refractivity contribution in [3.63, 3.8) is 0 Å².